The van der Waals surface area contributed by atoms with Gasteiger partial charge in [0.1, 0.15) is 6.61 Å². The number of rotatable bonds is 9. The topological polar surface area (TPSA) is 54.0 Å². The van der Waals surface area contributed by atoms with Crippen molar-refractivity contribution in [2.75, 3.05) is 53.0 Å². The molecule has 1 N–H and O–H groups in total. The molecule has 1 aromatic heterocycles. The van der Waals surface area contributed by atoms with Crippen molar-refractivity contribution in [3.8, 4) is 11.5 Å². The molecule has 0 radical (unpaired) electrons. The Labute approximate surface area is 175 Å². The molecule has 0 saturated carbocycles. The van der Waals surface area contributed by atoms with Crippen LogP contribution in [0.5, 0.6) is 11.5 Å². The third-order valence-corrected chi connectivity index (χ3v) is 5.81. The van der Waals surface area contributed by atoms with Crippen LogP contribution in [0.3, 0.4) is 0 Å². The third-order valence-electron chi connectivity index (χ3n) is 4.59. The van der Waals surface area contributed by atoms with Gasteiger partial charge < -0.3 is 14.8 Å². The van der Waals surface area contributed by atoms with Crippen molar-refractivity contribution in [3.05, 3.63) is 45.6 Å². The fourth-order valence-corrected chi connectivity index (χ4v) is 4.24. The van der Waals surface area contributed by atoms with Crippen LogP contribution in [0.15, 0.2) is 36.4 Å². The Morgan fingerprint density at radius 2 is 1.82 bits per heavy atom. The van der Waals surface area contributed by atoms with E-state index in [4.69, 9.17) is 21.1 Å². The molecule has 0 atom stereocenters. The number of thiophene rings is 1. The van der Waals surface area contributed by atoms with Crippen LogP contribution in [0.2, 0.25) is 4.34 Å². The van der Waals surface area contributed by atoms with Gasteiger partial charge in [-0.1, -0.05) is 23.7 Å². The minimum Gasteiger partial charge on any atom is -0.493 e. The van der Waals surface area contributed by atoms with Crippen LogP contribution >= 0.6 is 22.9 Å². The van der Waals surface area contributed by atoms with Gasteiger partial charge in [0.25, 0.3) is 0 Å². The Bertz CT molecular complexity index is 763. The summed E-state index contributed by atoms with van der Waals surface area (Å²) in [7, 11) is 1.61. The average molecular weight is 424 g/mol. The first-order valence-electron chi connectivity index (χ1n) is 9.35. The molecule has 1 saturated heterocycles. The van der Waals surface area contributed by atoms with Crippen LogP contribution in [-0.2, 0) is 11.3 Å². The highest BCUT2D eigenvalue weighted by molar-refractivity contribution is 7.16. The molecule has 2 aromatic rings. The van der Waals surface area contributed by atoms with Gasteiger partial charge in [-0.25, -0.2) is 0 Å². The molecule has 28 heavy (non-hydrogen) atoms. The Kier molecular flexibility index (Phi) is 7.97. The lowest BCUT2D eigenvalue weighted by Crippen LogP contribution is -2.49. The summed E-state index contributed by atoms with van der Waals surface area (Å²) in [5.74, 6) is 1.40. The summed E-state index contributed by atoms with van der Waals surface area (Å²) in [5.41, 5.74) is 0. The number of nitrogens with one attached hydrogen (secondary N) is 1. The number of benzene rings is 1. The Morgan fingerprint density at radius 3 is 2.50 bits per heavy atom. The molecule has 0 bridgehead atoms. The monoisotopic (exact) mass is 423 g/mol. The highest BCUT2D eigenvalue weighted by atomic mass is 35.5. The molecule has 1 aliphatic heterocycles. The lowest BCUT2D eigenvalue weighted by Gasteiger charge is -2.34. The number of hydrogen-bond donors (Lipinski definition) is 1. The molecule has 1 aliphatic rings. The second-order valence-electron chi connectivity index (χ2n) is 6.61. The number of halogens is 1. The molecule has 1 fully saturated rings. The van der Waals surface area contributed by atoms with Gasteiger partial charge in [-0.3, -0.25) is 14.6 Å². The van der Waals surface area contributed by atoms with E-state index in [-0.39, 0.29) is 5.91 Å². The fraction of sp³-hybridized carbons (Fsp3) is 0.450. The van der Waals surface area contributed by atoms with Gasteiger partial charge in [-0.05, 0) is 24.3 Å². The number of para-hydroxylation sites is 2. The molecule has 3 rings (SSSR count). The molecule has 6 nitrogen and oxygen atoms in total. The lowest BCUT2D eigenvalue weighted by molar-refractivity contribution is -0.122. The minimum atomic E-state index is 0.0297. The van der Waals surface area contributed by atoms with Crippen molar-refractivity contribution in [3.63, 3.8) is 0 Å². The van der Waals surface area contributed by atoms with Crippen LogP contribution in [0.1, 0.15) is 4.88 Å². The predicted octanol–water partition coefficient (Wildman–Crippen LogP) is 2.72. The van der Waals surface area contributed by atoms with Crippen molar-refractivity contribution in [2.24, 2.45) is 0 Å². The van der Waals surface area contributed by atoms with E-state index in [1.165, 1.54) is 4.88 Å². The minimum absolute atomic E-state index is 0.0297. The molecule has 1 amide bonds. The summed E-state index contributed by atoms with van der Waals surface area (Å²) in [4.78, 5) is 18.0. The van der Waals surface area contributed by atoms with Crippen molar-refractivity contribution >= 4 is 28.8 Å². The maximum atomic E-state index is 12.2. The van der Waals surface area contributed by atoms with Crippen molar-refractivity contribution < 1.29 is 14.3 Å². The molecule has 152 valence electrons. The van der Waals surface area contributed by atoms with E-state index in [0.717, 1.165) is 37.1 Å². The average Bonchev–Trinajstić information content (AvgIpc) is 3.11. The van der Waals surface area contributed by atoms with Gasteiger partial charge in [-0.2, -0.15) is 0 Å². The number of ether oxygens (including phenoxy) is 2. The maximum absolute atomic E-state index is 12.2. The van der Waals surface area contributed by atoms with Gasteiger partial charge >= 0.3 is 0 Å². The van der Waals surface area contributed by atoms with Gasteiger partial charge in [0, 0.05) is 37.6 Å². The van der Waals surface area contributed by atoms with E-state index in [0.29, 0.717) is 31.2 Å². The highest BCUT2D eigenvalue weighted by Crippen LogP contribution is 2.25. The largest absolute Gasteiger partial charge is 0.493 e. The molecular weight excluding hydrogens is 398 g/mol. The number of carbonyl (C=O) groups is 1. The second kappa shape index (κ2) is 10.7. The van der Waals surface area contributed by atoms with E-state index in [2.05, 4.69) is 21.2 Å². The molecule has 0 aliphatic carbocycles. The highest BCUT2D eigenvalue weighted by Gasteiger charge is 2.19. The van der Waals surface area contributed by atoms with Crippen LogP contribution < -0.4 is 14.8 Å². The Hall–Kier alpha value is -1.80. The van der Waals surface area contributed by atoms with Crippen LogP contribution in [-0.4, -0.2) is 68.7 Å². The standard InChI is InChI=1S/C20H26ClN3O3S/c1-26-17-4-2-3-5-18(17)27-13-8-22-20(25)15-24-11-9-23(10-12-24)14-16-6-7-19(21)28-16/h2-7H,8-15H2,1H3,(H,22,25). The Balaban J connectivity index is 1.30. The van der Waals surface area contributed by atoms with E-state index >= 15 is 0 Å². The summed E-state index contributed by atoms with van der Waals surface area (Å²) in [6.45, 7) is 5.93. The normalized spacial score (nSPS) is 15.4. The number of nitrogens with zero attached hydrogens (tertiary/aromatic N) is 2. The van der Waals surface area contributed by atoms with Crippen molar-refractivity contribution in [1.82, 2.24) is 15.1 Å². The van der Waals surface area contributed by atoms with Crippen LogP contribution in [0.25, 0.3) is 0 Å². The first-order valence-corrected chi connectivity index (χ1v) is 10.5. The third kappa shape index (κ3) is 6.38. The van der Waals surface area contributed by atoms with Gasteiger partial charge in [0.2, 0.25) is 5.91 Å². The SMILES string of the molecule is COc1ccccc1OCCNC(=O)CN1CCN(Cc2ccc(Cl)s2)CC1. The molecule has 0 unspecified atom stereocenters. The fourth-order valence-electron chi connectivity index (χ4n) is 3.11. The number of piperazine rings is 1. The van der Waals surface area contributed by atoms with E-state index < -0.39 is 0 Å². The zero-order chi connectivity index (χ0) is 19.8. The smallest absolute Gasteiger partial charge is 0.234 e. The van der Waals surface area contributed by atoms with Crippen LogP contribution in [0.4, 0.5) is 0 Å². The van der Waals surface area contributed by atoms with Crippen LogP contribution in [0, 0.1) is 0 Å². The van der Waals surface area contributed by atoms with Gasteiger partial charge in [0.15, 0.2) is 11.5 Å². The summed E-state index contributed by atoms with van der Waals surface area (Å²) < 4.78 is 11.7. The van der Waals surface area contributed by atoms with E-state index in [1.807, 2.05) is 30.3 Å². The summed E-state index contributed by atoms with van der Waals surface area (Å²) in [6, 6.07) is 11.5. The molecule has 1 aromatic carbocycles. The molecule has 2 heterocycles. The maximum Gasteiger partial charge on any atom is 0.234 e. The second-order valence-corrected chi connectivity index (χ2v) is 8.41. The predicted molar refractivity (Wildman–Crippen MR) is 113 cm³/mol. The van der Waals surface area contributed by atoms with Gasteiger partial charge in [-0.15, -0.1) is 11.3 Å². The van der Waals surface area contributed by atoms with Gasteiger partial charge in [0.05, 0.1) is 24.5 Å². The molecule has 0 spiro atoms. The van der Waals surface area contributed by atoms with Crippen molar-refractivity contribution in [2.45, 2.75) is 6.54 Å². The van der Waals surface area contributed by atoms with E-state index in [9.17, 15) is 4.79 Å². The lowest BCUT2D eigenvalue weighted by atomic mass is 10.3. The molecular formula is C20H26ClN3O3S. The first kappa shape index (κ1) is 20.9. The summed E-state index contributed by atoms with van der Waals surface area (Å²) >= 11 is 7.62. The summed E-state index contributed by atoms with van der Waals surface area (Å²) in [5, 5.41) is 2.92. The number of amides is 1. The molecule has 8 heteroatoms. The number of hydrogen-bond acceptors (Lipinski definition) is 6. The zero-order valence-corrected chi connectivity index (χ0v) is 17.6. The number of carbonyl (C=O) groups excluding carboxylic acids is 1. The quantitative estimate of drug-likeness (QED) is 0.628. The number of methoxy groups -OCH3 is 1. The van der Waals surface area contributed by atoms with E-state index in [1.54, 1.807) is 18.4 Å². The summed E-state index contributed by atoms with van der Waals surface area (Å²) in [6.07, 6.45) is 0. The zero-order valence-electron chi connectivity index (χ0n) is 16.0. The van der Waals surface area contributed by atoms with Crippen molar-refractivity contribution in [1.29, 1.82) is 0 Å². The Morgan fingerprint density at radius 1 is 1.11 bits per heavy atom. The first-order chi connectivity index (χ1) is 13.6.